The highest BCUT2D eigenvalue weighted by Crippen LogP contribution is 2.17. The van der Waals surface area contributed by atoms with Crippen LogP contribution in [-0.2, 0) is 6.42 Å². The molecule has 0 aliphatic heterocycles. The van der Waals surface area contributed by atoms with Crippen molar-refractivity contribution in [3.8, 4) is 0 Å². The third-order valence-electron chi connectivity index (χ3n) is 2.77. The molecule has 0 saturated carbocycles. The maximum absolute atomic E-state index is 12.2. The average Bonchev–Trinajstić information content (AvgIpc) is 2.32. The van der Waals surface area contributed by atoms with E-state index >= 15 is 0 Å². The molecule has 0 aliphatic carbocycles. The van der Waals surface area contributed by atoms with Gasteiger partial charge < -0.3 is 0 Å². The van der Waals surface area contributed by atoms with Crippen molar-refractivity contribution in [1.82, 2.24) is 0 Å². The summed E-state index contributed by atoms with van der Waals surface area (Å²) in [5.41, 5.74) is 2.71. The van der Waals surface area contributed by atoms with Gasteiger partial charge in [-0.15, -0.1) is 0 Å². The lowest BCUT2D eigenvalue weighted by Gasteiger charge is -2.05. The molecular formula is C15H12ClIO. The van der Waals surface area contributed by atoms with Gasteiger partial charge in [0.2, 0.25) is 0 Å². The molecule has 0 N–H and O–H groups in total. The minimum atomic E-state index is 0.130. The van der Waals surface area contributed by atoms with Crippen molar-refractivity contribution >= 4 is 40.0 Å². The van der Waals surface area contributed by atoms with Crippen molar-refractivity contribution in [1.29, 1.82) is 0 Å². The Hall–Kier alpha value is -0.870. The monoisotopic (exact) mass is 370 g/mol. The molecule has 0 aromatic heterocycles. The van der Waals surface area contributed by atoms with Crippen LogP contribution in [0.5, 0.6) is 0 Å². The fraction of sp³-hybridized carbons (Fsp3) is 0.133. The first-order chi connectivity index (χ1) is 8.56. The summed E-state index contributed by atoms with van der Waals surface area (Å²) in [4.78, 5) is 12.2. The molecule has 2 rings (SSSR count). The lowest BCUT2D eigenvalue weighted by atomic mass is 9.99. The minimum absolute atomic E-state index is 0.130. The van der Waals surface area contributed by atoms with Crippen molar-refractivity contribution < 1.29 is 4.79 Å². The summed E-state index contributed by atoms with van der Waals surface area (Å²) >= 11 is 8.14. The summed E-state index contributed by atoms with van der Waals surface area (Å²) in [6.07, 6.45) is 0.430. The maximum Gasteiger partial charge on any atom is 0.167 e. The highest BCUT2D eigenvalue weighted by molar-refractivity contribution is 14.1. The lowest BCUT2D eigenvalue weighted by Crippen LogP contribution is -2.05. The van der Waals surface area contributed by atoms with Gasteiger partial charge in [0.05, 0.1) is 0 Å². The molecule has 2 aromatic rings. The first-order valence-electron chi connectivity index (χ1n) is 5.60. The summed E-state index contributed by atoms with van der Waals surface area (Å²) in [5.74, 6) is 0.130. The molecule has 0 amide bonds. The third-order valence-corrected chi connectivity index (χ3v) is 3.72. The number of hydrogen-bond donors (Lipinski definition) is 0. The van der Waals surface area contributed by atoms with Gasteiger partial charge >= 0.3 is 0 Å². The van der Waals surface area contributed by atoms with Gasteiger partial charge in [0.1, 0.15) is 0 Å². The maximum atomic E-state index is 12.2. The molecule has 0 fully saturated rings. The molecule has 0 bridgehead atoms. The Kier molecular flexibility index (Phi) is 4.40. The van der Waals surface area contributed by atoms with Crippen LogP contribution in [0.2, 0.25) is 5.02 Å². The summed E-state index contributed by atoms with van der Waals surface area (Å²) in [6.45, 7) is 1.91. The van der Waals surface area contributed by atoms with E-state index in [1.807, 2.05) is 37.3 Å². The van der Waals surface area contributed by atoms with E-state index in [4.69, 9.17) is 11.6 Å². The molecule has 1 nitrogen and oxygen atoms in total. The van der Waals surface area contributed by atoms with Gasteiger partial charge in [-0.2, -0.15) is 0 Å². The van der Waals surface area contributed by atoms with Gasteiger partial charge in [-0.25, -0.2) is 0 Å². The summed E-state index contributed by atoms with van der Waals surface area (Å²) < 4.78 is 1.17. The molecule has 0 heterocycles. The number of halogens is 2. The Labute approximate surface area is 125 Å². The van der Waals surface area contributed by atoms with E-state index in [1.165, 1.54) is 3.57 Å². The van der Waals surface area contributed by atoms with Gasteiger partial charge in [0, 0.05) is 20.6 Å². The average molecular weight is 371 g/mol. The molecule has 0 atom stereocenters. The second-order valence-corrected chi connectivity index (χ2v) is 5.87. The van der Waals surface area contributed by atoms with Crippen LogP contribution in [-0.4, -0.2) is 5.78 Å². The quantitative estimate of drug-likeness (QED) is 0.566. The molecule has 3 heteroatoms. The molecule has 92 valence electrons. The third kappa shape index (κ3) is 3.33. The van der Waals surface area contributed by atoms with Crippen molar-refractivity contribution in [2.75, 3.05) is 0 Å². The van der Waals surface area contributed by atoms with Crippen molar-refractivity contribution in [2.45, 2.75) is 13.3 Å². The normalized spacial score (nSPS) is 10.4. The van der Waals surface area contributed by atoms with E-state index in [0.29, 0.717) is 11.4 Å². The van der Waals surface area contributed by atoms with Crippen LogP contribution in [0, 0.1) is 10.5 Å². The number of hydrogen-bond acceptors (Lipinski definition) is 1. The second kappa shape index (κ2) is 5.85. The zero-order valence-electron chi connectivity index (χ0n) is 9.91. The van der Waals surface area contributed by atoms with Gasteiger partial charge in [-0.05, 0) is 71.0 Å². The topological polar surface area (TPSA) is 17.1 Å². The van der Waals surface area contributed by atoms with E-state index in [2.05, 4.69) is 22.6 Å². The van der Waals surface area contributed by atoms with Gasteiger partial charge in [-0.3, -0.25) is 4.79 Å². The van der Waals surface area contributed by atoms with E-state index in [1.54, 1.807) is 12.1 Å². The number of rotatable bonds is 3. The van der Waals surface area contributed by atoms with Crippen LogP contribution in [0.25, 0.3) is 0 Å². The Morgan fingerprint density at radius 3 is 2.44 bits per heavy atom. The van der Waals surface area contributed by atoms with Crippen LogP contribution < -0.4 is 0 Å². The number of benzene rings is 2. The Bertz CT molecular complexity index is 576. The first-order valence-corrected chi connectivity index (χ1v) is 7.06. The second-order valence-electron chi connectivity index (χ2n) is 4.19. The van der Waals surface area contributed by atoms with Crippen molar-refractivity contribution in [3.63, 3.8) is 0 Å². The molecule has 0 spiro atoms. The van der Waals surface area contributed by atoms with Crippen LogP contribution in [0.15, 0.2) is 42.5 Å². The predicted molar refractivity (Wildman–Crippen MR) is 83.4 cm³/mol. The Morgan fingerprint density at radius 2 is 1.83 bits per heavy atom. The number of carbonyl (C=O) groups excluding carboxylic acids is 1. The van der Waals surface area contributed by atoms with Crippen LogP contribution in [0.3, 0.4) is 0 Å². The molecule has 0 radical (unpaired) electrons. The number of aryl methyl sites for hydroxylation is 1. The molecule has 0 saturated heterocycles. The van der Waals surface area contributed by atoms with E-state index in [9.17, 15) is 4.79 Å². The molecule has 18 heavy (non-hydrogen) atoms. The smallest absolute Gasteiger partial charge is 0.167 e. The van der Waals surface area contributed by atoms with E-state index < -0.39 is 0 Å². The molecule has 0 aliphatic rings. The number of carbonyl (C=O) groups is 1. The molecule has 2 aromatic carbocycles. The minimum Gasteiger partial charge on any atom is -0.294 e. The fourth-order valence-electron chi connectivity index (χ4n) is 1.82. The zero-order valence-corrected chi connectivity index (χ0v) is 12.8. The SMILES string of the molecule is Cc1cc(Cl)ccc1C(=O)Cc1ccc(I)cc1. The highest BCUT2D eigenvalue weighted by Gasteiger charge is 2.10. The highest BCUT2D eigenvalue weighted by atomic mass is 127. The lowest BCUT2D eigenvalue weighted by molar-refractivity contribution is 0.0992. The van der Waals surface area contributed by atoms with Crippen molar-refractivity contribution in [2.24, 2.45) is 0 Å². The van der Waals surface area contributed by atoms with Gasteiger partial charge in [0.25, 0.3) is 0 Å². The summed E-state index contributed by atoms with van der Waals surface area (Å²) in [7, 11) is 0. The van der Waals surface area contributed by atoms with Gasteiger partial charge in [-0.1, -0.05) is 23.7 Å². The standard InChI is InChI=1S/C15H12ClIO/c1-10-8-12(16)4-7-14(10)15(18)9-11-2-5-13(17)6-3-11/h2-8H,9H2,1H3. The van der Waals surface area contributed by atoms with E-state index in [-0.39, 0.29) is 5.78 Å². The Balaban J connectivity index is 2.19. The number of ketones is 1. The largest absolute Gasteiger partial charge is 0.294 e. The predicted octanol–water partition coefficient (Wildman–Crippen LogP) is 4.68. The molecular weight excluding hydrogens is 359 g/mol. The summed E-state index contributed by atoms with van der Waals surface area (Å²) in [6, 6.07) is 13.4. The van der Waals surface area contributed by atoms with E-state index in [0.717, 1.165) is 16.7 Å². The van der Waals surface area contributed by atoms with Gasteiger partial charge in [0.15, 0.2) is 5.78 Å². The first kappa shape index (κ1) is 13.6. The van der Waals surface area contributed by atoms with Crippen molar-refractivity contribution in [3.05, 3.63) is 67.7 Å². The number of Topliss-reactive ketones (excluding diaryl/α,β-unsaturated/α-hetero) is 1. The fourth-order valence-corrected chi connectivity index (χ4v) is 2.41. The Morgan fingerprint density at radius 1 is 1.17 bits per heavy atom. The molecule has 0 unspecified atom stereocenters. The zero-order chi connectivity index (χ0) is 13.1. The van der Waals surface area contributed by atoms with Crippen LogP contribution in [0.1, 0.15) is 21.5 Å². The van der Waals surface area contributed by atoms with Crippen LogP contribution in [0.4, 0.5) is 0 Å². The summed E-state index contributed by atoms with van der Waals surface area (Å²) in [5, 5.41) is 0.665. The van der Waals surface area contributed by atoms with Crippen LogP contribution >= 0.6 is 34.2 Å².